The van der Waals surface area contributed by atoms with Crippen LogP contribution in [-0.4, -0.2) is 35.0 Å². The van der Waals surface area contributed by atoms with Crippen LogP contribution in [0.25, 0.3) is 0 Å². The SMILES string of the molecule is CC(=O)Nc1ccc(C2CCCN(C(=O)OCc3ccccc3)C2)nc1. The second-order valence-corrected chi connectivity index (χ2v) is 6.48. The number of rotatable bonds is 4. The number of aromatic nitrogens is 1. The molecule has 1 saturated heterocycles. The van der Waals surface area contributed by atoms with Crippen LogP contribution in [0, 0.1) is 0 Å². The lowest BCUT2D eigenvalue weighted by molar-refractivity contribution is -0.114. The Morgan fingerprint density at radius 3 is 2.73 bits per heavy atom. The molecule has 1 aromatic heterocycles. The molecule has 6 heteroatoms. The Morgan fingerprint density at radius 2 is 2.04 bits per heavy atom. The largest absolute Gasteiger partial charge is 0.445 e. The molecule has 1 aliphatic heterocycles. The average Bonchev–Trinajstić information content (AvgIpc) is 2.67. The molecule has 0 spiro atoms. The van der Waals surface area contributed by atoms with Gasteiger partial charge in [0.2, 0.25) is 5.91 Å². The molecule has 136 valence electrons. The van der Waals surface area contributed by atoms with Gasteiger partial charge in [0.25, 0.3) is 0 Å². The fourth-order valence-electron chi connectivity index (χ4n) is 3.12. The van der Waals surface area contributed by atoms with Crippen LogP contribution >= 0.6 is 0 Å². The zero-order valence-electron chi connectivity index (χ0n) is 14.9. The molecule has 0 aliphatic carbocycles. The number of nitrogens with zero attached hydrogens (tertiary/aromatic N) is 2. The van der Waals surface area contributed by atoms with E-state index < -0.39 is 0 Å². The first-order chi connectivity index (χ1) is 12.6. The number of hydrogen-bond donors (Lipinski definition) is 1. The Balaban J connectivity index is 1.56. The van der Waals surface area contributed by atoms with E-state index in [-0.39, 0.29) is 24.5 Å². The molecule has 0 saturated carbocycles. The first-order valence-corrected chi connectivity index (χ1v) is 8.81. The Bertz CT molecular complexity index is 747. The van der Waals surface area contributed by atoms with E-state index in [1.807, 2.05) is 42.5 Å². The van der Waals surface area contributed by atoms with Gasteiger partial charge in [-0.05, 0) is 30.5 Å². The first-order valence-electron chi connectivity index (χ1n) is 8.81. The number of anilines is 1. The van der Waals surface area contributed by atoms with Crippen LogP contribution in [0.4, 0.5) is 10.5 Å². The Kier molecular flexibility index (Phi) is 5.84. The fraction of sp³-hybridized carbons (Fsp3) is 0.350. The summed E-state index contributed by atoms with van der Waals surface area (Å²) >= 11 is 0. The van der Waals surface area contributed by atoms with Crippen molar-refractivity contribution in [1.82, 2.24) is 9.88 Å². The van der Waals surface area contributed by atoms with Gasteiger partial charge in [-0.3, -0.25) is 9.78 Å². The summed E-state index contributed by atoms with van der Waals surface area (Å²) in [5.74, 6) is 0.0592. The van der Waals surface area contributed by atoms with Crippen LogP contribution < -0.4 is 5.32 Å². The second kappa shape index (κ2) is 8.47. The van der Waals surface area contributed by atoms with Gasteiger partial charge in [-0.15, -0.1) is 0 Å². The van der Waals surface area contributed by atoms with Crippen molar-refractivity contribution in [2.75, 3.05) is 18.4 Å². The summed E-state index contributed by atoms with van der Waals surface area (Å²) in [6.45, 7) is 3.05. The van der Waals surface area contributed by atoms with E-state index >= 15 is 0 Å². The third-order valence-electron chi connectivity index (χ3n) is 4.41. The van der Waals surface area contributed by atoms with Crippen molar-refractivity contribution < 1.29 is 14.3 Å². The number of pyridine rings is 1. The van der Waals surface area contributed by atoms with Crippen molar-refractivity contribution in [3.63, 3.8) is 0 Å². The van der Waals surface area contributed by atoms with Crippen molar-refractivity contribution >= 4 is 17.7 Å². The molecule has 2 amide bonds. The summed E-state index contributed by atoms with van der Waals surface area (Å²) in [4.78, 5) is 29.6. The van der Waals surface area contributed by atoms with Crippen molar-refractivity contribution in [3.8, 4) is 0 Å². The molecule has 1 atom stereocenters. The number of nitrogens with one attached hydrogen (secondary N) is 1. The number of likely N-dealkylation sites (tertiary alicyclic amines) is 1. The van der Waals surface area contributed by atoms with E-state index in [1.165, 1.54) is 6.92 Å². The van der Waals surface area contributed by atoms with E-state index in [9.17, 15) is 9.59 Å². The number of hydrogen-bond acceptors (Lipinski definition) is 4. The lowest BCUT2D eigenvalue weighted by atomic mass is 9.94. The Morgan fingerprint density at radius 1 is 1.23 bits per heavy atom. The number of ether oxygens (including phenoxy) is 1. The second-order valence-electron chi connectivity index (χ2n) is 6.48. The Hall–Kier alpha value is -2.89. The minimum Gasteiger partial charge on any atom is -0.445 e. The normalized spacial score (nSPS) is 16.8. The monoisotopic (exact) mass is 353 g/mol. The van der Waals surface area contributed by atoms with Crippen LogP contribution in [0.2, 0.25) is 0 Å². The van der Waals surface area contributed by atoms with Crippen LogP contribution in [-0.2, 0) is 16.1 Å². The zero-order valence-corrected chi connectivity index (χ0v) is 14.9. The highest BCUT2D eigenvalue weighted by molar-refractivity contribution is 5.88. The molecule has 3 rings (SSSR count). The van der Waals surface area contributed by atoms with Gasteiger partial charge in [0.1, 0.15) is 6.61 Å². The average molecular weight is 353 g/mol. The predicted molar refractivity (Wildman–Crippen MR) is 98.7 cm³/mol. The van der Waals surface area contributed by atoms with Gasteiger partial charge >= 0.3 is 6.09 Å². The van der Waals surface area contributed by atoms with Crippen molar-refractivity contribution in [2.24, 2.45) is 0 Å². The van der Waals surface area contributed by atoms with E-state index in [2.05, 4.69) is 10.3 Å². The van der Waals surface area contributed by atoms with Gasteiger partial charge in [0.05, 0.1) is 11.9 Å². The molecule has 2 heterocycles. The minimum atomic E-state index is -0.284. The summed E-state index contributed by atoms with van der Waals surface area (Å²) in [6, 6.07) is 13.4. The smallest absolute Gasteiger partial charge is 0.410 e. The van der Waals surface area contributed by atoms with Crippen molar-refractivity contribution in [2.45, 2.75) is 32.3 Å². The molecule has 1 fully saturated rings. The maximum atomic E-state index is 12.4. The highest BCUT2D eigenvalue weighted by Gasteiger charge is 2.26. The molecular weight excluding hydrogens is 330 g/mol. The number of piperidine rings is 1. The standard InChI is InChI=1S/C20H23N3O3/c1-15(24)22-18-9-10-19(21-12-18)17-8-5-11-23(13-17)20(25)26-14-16-6-3-2-4-7-16/h2-4,6-7,9-10,12,17H,5,8,11,13-14H2,1H3,(H,22,24). The molecule has 6 nitrogen and oxygen atoms in total. The number of carbonyl (C=O) groups is 2. The lowest BCUT2D eigenvalue weighted by Gasteiger charge is -2.31. The molecule has 1 unspecified atom stereocenters. The van der Waals surface area contributed by atoms with Gasteiger partial charge in [0, 0.05) is 31.6 Å². The number of amides is 2. The Labute approximate surface area is 153 Å². The molecule has 1 N–H and O–H groups in total. The summed E-state index contributed by atoms with van der Waals surface area (Å²) in [5.41, 5.74) is 2.58. The summed E-state index contributed by atoms with van der Waals surface area (Å²) in [6.07, 6.45) is 3.27. The summed E-state index contributed by atoms with van der Waals surface area (Å²) in [7, 11) is 0. The zero-order chi connectivity index (χ0) is 18.4. The third kappa shape index (κ3) is 4.81. The minimum absolute atomic E-state index is 0.121. The van der Waals surface area contributed by atoms with E-state index in [0.717, 1.165) is 24.1 Å². The van der Waals surface area contributed by atoms with Crippen molar-refractivity contribution in [3.05, 3.63) is 59.9 Å². The maximum Gasteiger partial charge on any atom is 0.410 e. The fourth-order valence-corrected chi connectivity index (χ4v) is 3.12. The van der Waals surface area contributed by atoms with Gasteiger partial charge in [0.15, 0.2) is 0 Å². The molecule has 26 heavy (non-hydrogen) atoms. The molecule has 1 aromatic carbocycles. The van der Waals surface area contributed by atoms with Gasteiger partial charge < -0.3 is 15.0 Å². The van der Waals surface area contributed by atoms with Crippen LogP contribution in [0.3, 0.4) is 0 Å². The van der Waals surface area contributed by atoms with E-state index in [1.54, 1.807) is 11.1 Å². The number of benzene rings is 1. The van der Waals surface area contributed by atoms with Crippen LogP contribution in [0.15, 0.2) is 48.7 Å². The van der Waals surface area contributed by atoms with Gasteiger partial charge in [-0.2, -0.15) is 0 Å². The summed E-state index contributed by atoms with van der Waals surface area (Å²) < 4.78 is 5.43. The first kappa shape index (κ1) is 17.9. The van der Waals surface area contributed by atoms with Gasteiger partial charge in [-0.1, -0.05) is 30.3 Å². The van der Waals surface area contributed by atoms with E-state index in [0.29, 0.717) is 18.8 Å². The third-order valence-corrected chi connectivity index (χ3v) is 4.41. The molecule has 2 aromatic rings. The molecule has 0 radical (unpaired) electrons. The predicted octanol–water partition coefficient (Wildman–Crippen LogP) is 3.56. The van der Waals surface area contributed by atoms with E-state index in [4.69, 9.17) is 4.74 Å². The summed E-state index contributed by atoms with van der Waals surface area (Å²) in [5, 5.41) is 2.71. The quantitative estimate of drug-likeness (QED) is 0.912. The lowest BCUT2D eigenvalue weighted by Crippen LogP contribution is -2.39. The molecule has 1 aliphatic rings. The van der Waals surface area contributed by atoms with Crippen molar-refractivity contribution in [1.29, 1.82) is 0 Å². The van der Waals surface area contributed by atoms with Crippen LogP contribution in [0.5, 0.6) is 0 Å². The molecular formula is C20H23N3O3. The highest BCUT2D eigenvalue weighted by Crippen LogP contribution is 2.26. The van der Waals surface area contributed by atoms with Gasteiger partial charge in [-0.25, -0.2) is 4.79 Å². The van der Waals surface area contributed by atoms with Crippen LogP contribution in [0.1, 0.15) is 36.9 Å². The number of carbonyl (C=O) groups excluding carboxylic acids is 2. The highest BCUT2D eigenvalue weighted by atomic mass is 16.6. The topological polar surface area (TPSA) is 71.5 Å². The molecule has 0 bridgehead atoms. The maximum absolute atomic E-state index is 12.4.